The van der Waals surface area contributed by atoms with Crippen molar-refractivity contribution in [1.82, 2.24) is 0 Å². The van der Waals surface area contributed by atoms with Gasteiger partial charge < -0.3 is 24.8 Å². The molecule has 0 atom stereocenters. The number of benzene rings is 2. The van der Waals surface area contributed by atoms with Crippen molar-refractivity contribution in [1.29, 1.82) is 0 Å². The molecule has 4 aliphatic rings. The summed E-state index contributed by atoms with van der Waals surface area (Å²) in [7, 11) is 0. The summed E-state index contributed by atoms with van der Waals surface area (Å²) in [5.74, 6) is 0. The van der Waals surface area contributed by atoms with Gasteiger partial charge in [-0.15, -0.1) is 0 Å². The molecule has 0 unspecified atom stereocenters. The summed E-state index contributed by atoms with van der Waals surface area (Å²) in [6.45, 7) is 36.1. The van der Waals surface area contributed by atoms with Gasteiger partial charge in [0.15, 0.2) is 0 Å². The van der Waals surface area contributed by atoms with E-state index in [1.165, 1.54) is 50.1 Å². The monoisotopic (exact) mass is 732 g/mol. The van der Waals surface area contributed by atoms with Crippen molar-refractivity contribution < 1.29 is 46.1 Å². The Bertz CT molecular complexity index is 1680. The van der Waals surface area contributed by atoms with Gasteiger partial charge in [-0.05, 0) is 0 Å². The Labute approximate surface area is 301 Å². The van der Waals surface area contributed by atoms with E-state index in [2.05, 4.69) is 152 Å². The molecular weight excluding hydrogens is 679 g/mol. The van der Waals surface area contributed by atoms with Crippen LogP contribution in [0.2, 0.25) is 0 Å². The molecule has 0 saturated heterocycles. The van der Waals surface area contributed by atoms with Crippen LogP contribution in [0, 0.1) is 16.2 Å². The van der Waals surface area contributed by atoms with Gasteiger partial charge in [-0.3, -0.25) is 0 Å². The smallest absolute Gasteiger partial charge is 1.00 e. The van der Waals surface area contributed by atoms with Crippen LogP contribution in [-0.4, -0.2) is 3.21 Å². The molecule has 0 aliphatic heterocycles. The Morgan fingerprint density at radius 1 is 0.630 bits per heavy atom. The molecule has 4 aliphatic carbocycles. The molecule has 0 spiro atoms. The Morgan fingerprint density at radius 2 is 1.04 bits per heavy atom. The van der Waals surface area contributed by atoms with E-state index in [9.17, 15) is 0 Å². The first-order valence-electron chi connectivity index (χ1n) is 17.0. The molecule has 0 amide bonds. The predicted molar refractivity (Wildman–Crippen MR) is 191 cm³/mol. The minimum absolute atomic E-state index is 0. The normalized spacial score (nSPS) is 18.9. The Balaban J connectivity index is 0.00000240. The van der Waals surface area contributed by atoms with E-state index in [0.29, 0.717) is 3.63 Å². The zero-order chi connectivity index (χ0) is 32.5. The van der Waals surface area contributed by atoms with Gasteiger partial charge in [-0.25, -0.2) is 0 Å². The Kier molecular flexibility index (Phi) is 9.52. The quantitative estimate of drug-likeness (QED) is 0.340. The Morgan fingerprint density at radius 3 is 1.37 bits per heavy atom. The predicted octanol–water partition coefficient (Wildman–Crippen LogP) is 6.30. The molecule has 0 bridgehead atoms. The van der Waals surface area contributed by atoms with Crippen LogP contribution in [0.25, 0.3) is 22.3 Å². The fourth-order valence-electron chi connectivity index (χ4n) is 8.47. The van der Waals surface area contributed by atoms with Crippen molar-refractivity contribution in [3.05, 3.63) is 90.8 Å². The van der Waals surface area contributed by atoms with Crippen molar-refractivity contribution in [2.75, 3.05) is 0 Å². The molecule has 0 saturated carbocycles. The number of halogens is 2. The molecule has 2 aromatic rings. The van der Waals surface area contributed by atoms with Crippen LogP contribution >= 0.6 is 0 Å². The third kappa shape index (κ3) is 5.96. The van der Waals surface area contributed by atoms with Crippen LogP contribution in [0.5, 0.6) is 0 Å². The number of allylic oxidation sites excluding steroid dienone is 8. The molecule has 2 aromatic carbocycles. The number of hydrogen-bond donors (Lipinski definition) is 0. The molecule has 246 valence electrons. The average Bonchev–Trinajstić information content (AvgIpc) is 3.59. The number of fused-ring (bicyclic) bond motifs is 5. The van der Waals surface area contributed by atoms with Gasteiger partial charge in [0.25, 0.3) is 0 Å². The molecule has 0 fully saturated rings. The summed E-state index contributed by atoms with van der Waals surface area (Å²) in [6.07, 6.45) is 11.5. The van der Waals surface area contributed by atoms with E-state index < -0.39 is 21.3 Å². The van der Waals surface area contributed by atoms with Crippen molar-refractivity contribution in [2.45, 2.75) is 125 Å². The molecule has 0 nitrogen and oxygen atoms in total. The topological polar surface area (TPSA) is 0 Å². The molecular formula is C43H56Cl2Zr. The van der Waals surface area contributed by atoms with E-state index >= 15 is 0 Å². The van der Waals surface area contributed by atoms with Crippen LogP contribution in [-0.2, 0) is 32.1 Å². The molecule has 3 heteroatoms. The van der Waals surface area contributed by atoms with E-state index in [1.807, 2.05) is 0 Å². The van der Waals surface area contributed by atoms with Gasteiger partial charge in [0.2, 0.25) is 0 Å². The summed E-state index contributed by atoms with van der Waals surface area (Å²) in [6, 6.07) is 10.7. The van der Waals surface area contributed by atoms with E-state index in [-0.39, 0.29) is 51.9 Å². The summed E-state index contributed by atoms with van der Waals surface area (Å²) < 4.78 is 4.01. The minimum atomic E-state index is -2.34. The second-order valence-electron chi connectivity index (χ2n) is 18.7. The fourth-order valence-corrected chi connectivity index (χ4v) is 16.6. The van der Waals surface area contributed by atoms with E-state index in [4.69, 9.17) is 0 Å². The van der Waals surface area contributed by atoms with Crippen LogP contribution in [0.3, 0.4) is 0 Å². The first-order chi connectivity index (χ1) is 20.0. The van der Waals surface area contributed by atoms with Crippen LogP contribution < -0.4 is 24.8 Å². The van der Waals surface area contributed by atoms with Crippen molar-refractivity contribution in [3.63, 3.8) is 0 Å². The summed E-state index contributed by atoms with van der Waals surface area (Å²) in [5, 5.41) is 0. The largest absolute Gasteiger partial charge is 1.00 e. The van der Waals surface area contributed by atoms with Gasteiger partial charge in [-0.2, -0.15) is 0 Å². The molecule has 0 aromatic heterocycles. The van der Waals surface area contributed by atoms with Gasteiger partial charge in [0, 0.05) is 0 Å². The third-order valence-electron chi connectivity index (χ3n) is 10.8. The summed E-state index contributed by atoms with van der Waals surface area (Å²) in [4.78, 5) is 0. The van der Waals surface area contributed by atoms with Gasteiger partial charge in [-0.1, -0.05) is 0 Å². The zero-order valence-corrected chi connectivity index (χ0v) is 35.1. The zero-order valence-electron chi connectivity index (χ0n) is 31.2. The van der Waals surface area contributed by atoms with E-state index in [0.717, 1.165) is 6.42 Å². The maximum atomic E-state index is 2.69. The van der Waals surface area contributed by atoms with Gasteiger partial charge in [0.05, 0.1) is 0 Å². The standard InChI is InChI=1S/C31H37.C9H13.C3H6.2ClH.Zr/c1-28(2,3)26-16-30(7,8)24-12-18-11-19-13-25-23(15-21(19)20(18)14-22(24)26)27(29(4,5)6)17-31(25,9)10;1-9(2,3)8-6-4-5-7-8;1-3-2;;;/h11-17H,1-10H3;6-7H,4H2,1-3H3;1-2H3;2*1H;/q;;;;;+2/p-2. The van der Waals surface area contributed by atoms with Gasteiger partial charge >= 0.3 is 279 Å². The van der Waals surface area contributed by atoms with Crippen molar-refractivity contribution in [2.24, 2.45) is 16.2 Å². The maximum Gasteiger partial charge on any atom is -1.00 e. The Hall–Kier alpha value is -1.27. The van der Waals surface area contributed by atoms with Crippen LogP contribution in [0.1, 0.15) is 147 Å². The first-order valence-corrected chi connectivity index (χ1v) is 20.8. The minimum Gasteiger partial charge on any atom is -1.00 e. The van der Waals surface area contributed by atoms with E-state index in [1.54, 1.807) is 17.6 Å². The second kappa shape index (κ2) is 11.7. The van der Waals surface area contributed by atoms with Crippen molar-refractivity contribution in [3.8, 4) is 11.1 Å². The first kappa shape index (κ1) is 37.6. The molecule has 0 N–H and O–H groups in total. The van der Waals surface area contributed by atoms with Crippen LogP contribution in [0.15, 0.2) is 57.4 Å². The van der Waals surface area contributed by atoms with Gasteiger partial charge in [0.1, 0.15) is 0 Å². The summed E-state index contributed by atoms with van der Waals surface area (Å²) >= 11 is -2.34. The second-order valence-corrected chi connectivity index (χ2v) is 26.1. The molecule has 0 radical (unpaired) electrons. The van der Waals surface area contributed by atoms with Crippen molar-refractivity contribution >= 4 is 14.4 Å². The number of rotatable bonds is 2. The SMILES string of the molecule is C[C](C)=[Zr+2]([C]1=CC(C(C)(C)C)=CC1)[CH]1c2cc3c(cc2-c2cc4c(cc21)C(C)(C)C=C4C(C)(C)C)C(C(C)(C)C)=CC3(C)C.[Cl-].[Cl-]. The third-order valence-corrected chi connectivity index (χ3v) is 19.0. The average molecular weight is 735 g/mol. The fraction of sp³-hybridized carbons (Fsp3) is 0.512. The summed E-state index contributed by atoms with van der Waals surface area (Å²) in [5.41, 5.74) is 17.4. The van der Waals surface area contributed by atoms with Crippen LogP contribution in [0.4, 0.5) is 0 Å². The maximum absolute atomic E-state index is 2.69. The molecule has 6 rings (SSSR count). The molecule has 0 heterocycles. The number of hydrogen-bond acceptors (Lipinski definition) is 0. The molecule has 46 heavy (non-hydrogen) atoms.